The third kappa shape index (κ3) is 6.00. The second-order valence-electron chi connectivity index (χ2n) is 5.83. The van der Waals surface area contributed by atoms with Crippen LogP contribution in [0.15, 0.2) is 46.9 Å². The summed E-state index contributed by atoms with van der Waals surface area (Å²) < 4.78 is 6.32. The smallest absolute Gasteiger partial charge is 0.264 e. The Kier molecular flexibility index (Phi) is 7.41. The SMILES string of the molecule is CC[C@H](C)c1ccc(O)c(NC(=S)NC(=O)COc2ccc(Br)cc2)c1. The molecule has 7 heteroatoms. The molecular weight excluding hydrogens is 416 g/mol. The average molecular weight is 437 g/mol. The average Bonchev–Trinajstić information content (AvgIpc) is 2.62. The highest BCUT2D eigenvalue weighted by Crippen LogP contribution is 2.29. The molecule has 26 heavy (non-hydrogen) atoms. The van der Waals surface area contributed by atoms with Gasteiger partial charge in [-0.1, -0.05) is 35.8 Å². The number of halogens is 1. The molecule has 0 saturated heterocycles. The van der Waals surface area contributed by atoms with Crippen molar-refractivity contribution in [1.29, 1.82) is 0 Å². The summed E-state index contributed by atoms with van der Waals surface area (Å²) in [6.45, 7) is 4.04. The van der Waals surface area contributed by atoms with Crippen molar-refractivity contribution in [2.24, 2.45) is 0 Å². The van der Waals surface area contributed by atoms with Crippen LogP contribution in [0.3, 0.4) is 0 Å². The Hall–Kier alpha value is -2.12. The lowest BCUT2D eigenvalue weighted by Crippen LogP contribution is -2.37. The number of benzene rings is 2. The zero-order valence-corrected chi connectivity index (χ0v) is 17.0. The number of ether oxygens (including phenoxy) is 1. The maximum absolute atomic E-state index is 12.0. The number of nitrogens with one attached hydrogen (secondary N) is 2. The second-order valence-corrected chi connectivity index (χ2v) is 7.15. The Labute approximate surface area is 166 Å². The van der Waals surface area contributed by atoms with E-state index in [9.17, 15) is 9.90 Å². The first-order valence-electron chi connectivity index (χ1n) is 8.21. The molecular formula is C19H21BrN2O3S. The molecule has 138 valence electrons. The first-order valence-corrected chi connectivity index (χ1v) is 9.41. The topological polar surface area (TPSA) is 70.6 Å². The van der Waals surface area contributed by atoms with Gasteiger partial charge in [-0.15, -0.1) is 0 Å². The highest BCUT2D eigenvalue weighted by Gasteiger charge is 2.11. The number of rotatable bonds is 6. The standard InChI is InChI=1S/C19H21BrN2O3S/c1-3-12(2)13-4-9-17(23)16(10-13)21-19(26)22-18(24)11-25-15-7-5-14(20)6-8-15/h4-10,12,23H,3,11H2,1-2H3,(H2,21,22,24,26)/t12-/m0/s1. The van der Waals surface area contributed by atoms with E-state index in [1.807, 2.05) is 24.3 Å². The lowest BCUT2D eigenvalue weighted by Gasteiger charge is -2.15. The maximum Gasteiger partial charge on any atom is 0.264 e. The summed E-state index contributed by atoms with van der Waals surface area (Å²) in [6, 6.07) is 12.5. The summed E-state index contributed by atoms with van der Waals surface area (Å²) in [5, 5.41) is 15.5. The van der Waals surface area contributed by atoms with Crippen LogP contribution in [0.4, 0.5) is 5.69 Å². The number of phenols is 1. The van der Waals surface area contributed by atoms with Gasteiger partial charge in [-0.3, -0.25) is 10.1 Å². The normalized spacial score (nSPS) is 11.5. The highest BCUT2D eigenvalue weighted by molar-refractivity contribution is 9.10. The van der Waals surface area contributed by atoms with Gasteiger partial charge in [0.05, 0.1) is 5.69 Å². The first kappa shape index (κ1) is 20.2. The van der Waals surface area contributed by atoms with Crippen LogP contribution in [0.5, 0.6) is 11.5 Å². The maximum atomic E-state index is 12.0. The fourth-order valence-corrected chi connectivity index (χ4v) is 2.68. The van der Waals surface area contributed by atoms with Crippen molar-refractivity contribution >= 4 is 44.9 Å². The third-order valence-corrected chi connectivity index (χ3v) is 4.62. The third-order valence-electron chi connectivity index (χ3n) is 3.89. The van der Waals surface area contributed by atoms with Crippen molar-refractivity contribution in [2.45, 2.75) is 26.2 Å². The first-order chi connectivity index (χ1) is 12.4. The van der Waals surface area contributed by atoms with E-state index < -0.39 is 0 Å². The van der Waals surface area contributed by atoms with Gasteiger partial charge in [0, 0.05) is 4.47 Å². The molecule has 0 aromatic heterocycles. The Morgan fingerprint density at radius 2 is 1.96 bits per heavy atom. The predicted molar refractivity (Wildman–Crippen MR) is 111 cm³/mol. The number of carbonyl (C=O) groups is 1. The van der Waals surface area contributed by atoms with Gasteiger partial charge in [0.2, 0.25) is 0 Å². The van der Waals surface area contributed by atoms with E-state index in [1.54, 1.807) is 18.2 Å². The molecule has 2 aromatic rings. The summed E-state index contributed by atoms with van der Waals surface area (Å²) in [5.41, 5.74) is 1.54. The van der Waals surface area contributed by atoms with E-state index in [1.165, 1.54) is 0 Å². The van der Waals surface area contributed by atoms with Crippen molar-refractivity contribution in [2.75, 3.05) is 11.9 Å². The van der Waals surface area contributed by atoms with Crippen LogP contribution in [0, 0.1) is 0 Å². The summed E-state index contributed by atoms with van der Waals surface area (Å²) >= 11 is 8.47. The summed E-state index contributed by atoms with van der Waals surface area (Å²) in [5.74, 6) is 0.627. The van der Waals surface area contributed by atoms with Crippen LogP contribution in [-0.2, 0) is 4.79 Å². The Balaban J connectivity index is 1.89. The lowest BCUT2D eigenvalue weighted by atomic mass is 9.98. The van der Waals surface area contributed by atoms with Gasteiger partial charge in [-0.2, -0.15) is 0 Å². The van der Waals surface area contributed by atoms with E-state index in [2.05, 4.69) is 40.4 Å². The number of hydrogen-bond donors (Lipinski definition) is 3. The van der Waals surface area contributed by atoms with E-state index >= 15 is 0 Å². The van der Waals surface area contributed by atoms with Gasteiger partial charge in [-0.25, -0.2) is 0 Å². The molecule has 1 amide bonds. The van der Waals surface area contributed by atoms with E-state index in [4.69, 9.17) is 17.0 Å². The largest absolute Gasteiger partial charge is 0.506 e. The van der Waals surface area contributed by atoms with Crippen molar-refractivity contribution in [3.63, 3.8) is 0 Å². The van der Waals surface area contributed by atoms with Crippen LogP contribution < -0.4 is 15.4 Å². The van der Waals surface area contributed by atoms with Crippen LogP contribution >= 0.6 is 28.1 Å². The van der Waals surface area contributed by atoms with Crippen LogP contribution in [0.1, 0.15) is 31.7 Å². The zero-order valence-electron chi connectivity index (χ0n) is 14.6. The van der Waals surface area contributed by atoms with Gasteiger partial charge < -0.3 is 15.2 Å². The predicted octanol–water partition coefficient (Wildman–Crippen LogP) is 4.56. The minimum Gasteiger partial charge on any atom is -0.506 e. The highest BCUT2D eigenvalue weighted by atomic mass is 79.9. The minimum absolute atomic E-state index is 0.0692. The molecule has 0 aliphatic carbocycles. The number of anilines is 1. The van der Waals surface area contributed by atoms with Crippen molar-refractivity contribution in [1.82, 2.24) is 5.32 Å². The molecule has 0 aliphatic heterocycles. The van der Waals surface area contributed by atoms with Gasteiger partial charge >= 0.3 is 0 Å². The molecule has 3 N–H and O–H groups in total. The van der Waals surface area contributed by atoms with Crippen molar-refractivity contribution in [3.8, 4) is 11.5 Å². The molecule has 0 heterocycles. The monoisotopic (exact) mass is 436 g/mol. The second kappa shape index (κ2) is 9.54. The number of thiocarbonyl (C=S) groups is 1. The molecule has 1 atom stereocenters. The molecule has 2 aromatic carbocycles. The summed E-state index contributed by atoms with van der Waals surface area (Å²) in [7, 11) is 0. The number of phenolic OH excluding ortho intramolecular Hbond substituents is 1. The van der Waals surface area contributed by atoms with E-state index in [0.717, 1.165) is 16.5 Å². The quantitative estimate of drug-likeness (QED) is 0.457. The molecule has 5 nitrogen and oxygen atoms in total. The molecule has 0 aliphatic rings. The molecule has 2 rings (SSSR count). The van der Waals surface area contributed by atoms with Gasteiger partial charge in [0.15, 0.2) is 11.7 Å². The van der Waals surface area contributed by atoms with Gasteiger partial charge in [-0.05, 0) is 66.5 Å². The van der Waals surface area contributed by atoms with Crippen LogP contribution in [0.25, 0.3) is 0 Å². The molecule has 0 unspecified atom stereocenters. The summed E-state index contributed by atoms with van der Waals surface area (Å²) in [6.07, 6.45) is 0.985. The van der Waals surface area contributed by atoms with Crippen LogP contribution in [0.2, 0.25) is 0 Å². The number of aromatic hydroxyl groups is 1. The Bertz CT molecular complexity index is 781. The fourth-order valence-electron chi connectivity index (χ4n) is 2.19. The molecule has 0 fully saturated rings. The van der Waals surface area contributed by atoms with Crippen molar-refractivity contribution < 1.29 is 14.6 Å². The van der Waals surface area contributed by atoms with Gasteiger partial charge in [0.25, 0.3) is 5.91 Å². The summed E-state index contributed by atoms with van der Waals surface area (Å²) in [4.78, 5) is 12.0. The lowest BCUT2D eigenvalue weighted by molar-refractivity contribution is -0.121. The van der Waals surface area contributed by atoms with Crippen molar-refractivity contribution in [3.05, 3.63) is 52.5 Å². The Morgan fingerprint density at radius 1 is 1.27 bits per heavy atom. The zero-order chi connectivity index (χ0) is 19.1. The van der Waals surface area contributed by atoms with E-state index in [0.29, 0.717) is 17.4 Å². The molecule has 0 radical (unpaired) electrons. The number of amides is 1. The molecule has 0 spiro atoms. The number of hydrogen-bond acceptors (Lipinski definition) is 4. The fraction of sp³-hybridized carbons (Fsp3) is 0.263. The molecule has 0 saturated carbocycles. The minimum atomic E-state index is -0.386. The van der Waals surface area contributed by atoms with Crippen LogP contribution in [-0.4, -0.2) is 22.7 Å². The van der Waals surface area contributed by atoms with E-state index in [-0.39, 0.29) is 23.4 Å². The number of carbonyl (C=O) groups excluding carboxylic acids is 1. The van der Waals surface area contributed by atoms with Gasteiger partial charge in [0.1, 0.15) is 11.5 Å². The Morgan fingerprint density at radius 3 is 2.62 bits per heavy atom. The molecule has 0 bridgehead atoms.